The Kier molecular flexibility index (Phi) is 5.57. The van der Waals surface area contributed by atoms with Crippen LogP contribution in [-0.4, -0.2) is 47.7 Å². The van der Waals surface area contributed by atoms with Crippen molar-refractivity contribution in [3.8, 4) is 10.4 Å². The van der Waals surface area contributed by atoms with Crippen LogP contribution in [0.4, 0.5) is 5.82 Å². The average Bonchev–Trinajstić information content (AvgIpc) is 3.09. The van der Waals surface area contributed by atoms with Gasteiger partial charge in [0.15, 0.2) is 0 Å². The van der Waals surface area contributed by atoms with Crippen molar-refractivity contribution in [3.63, 3.8) is 0 Å². The van der Waals surface area contributed by atoms with Crippen LogP contribution in [-0.2, 0) is 4.79 Å². The average molecular weight is 356 g/mol. The van der Waals surface area contributed by atoms with E-state index in [2.05, 4.69) is 33.5 Å². The predicted molar refractivity (Wildman–Crippen MR) is 101 cm³/mol. The van der Waals surface area contributed by atoms with Crippen molar-refractivity contribution in [2.45, 2.75) is 6.42 Å². The Hall–Kier alpha value is -2.51. The van der Waals surface area contributed by atoms with E-state index in [1.54, 1.807) is 17.7 Å². The predicted octanol–water partition coefficient (Wildman–Crippen LogP) is 2.29. The monoisotopic (exact) mass is 356 g/mol. The second kappa shape index (κ2) is 8.04. The van der Waals surface area contributed by atoms with Crippen molar-refractivity contribution in [1.82, 2.24) is 15.3 Å². The van der Waals surface area contributed by atoms with Crippen LogP contribution in [0.15, 0.2) is 42.7 Å². The molecule has 0 saturated carbocycles. The molecule has 1 aromatic carbocycles. The lowest BCUT2D eigenvalue weighted by atomic mass is 10.2. The molecule has 0 atom stereocenters. The van der Waals surface area contributed by atoms with E-state index in [1.807, 2.05) is 30.1 Å². The Morgan fingerprint density at radius 2 is 2.08 bits per heavy atom. The van der Waals surface area contributed by atoms with Crippen molar-refractivity contribution in [2.24, 2.45) is 0 Å². The third-order valence-electron chi connectivity index (χ3n) is 3.84. The summed E-state index contributed by atoms with van der Waals surface area (Å²) in [7, 11) is 1.92. The zero-order valence-corrected chi connectivity index (χ0v) is 14.8. The molecule has 2 heterocycles. The largest absolute Gasteiger partial charge is 0.395 e. The Balaban J connectivity index is 1.79. The number of amides is 1. The first kappa shape index (κ1) is 17.3. The lowest BCUT2D eigenvalue weighted by Crippen LogP contribution is -2.30. The van der Waals surface area contributed by atoms with Gasteiger partial charge in [0.25, 0.3) is 0 Å². The molecule has 2 N–H and O–H groups in total. The highest BCUT2D eigenvalue weighted by molar-refractivity contribution is 7.21. The second-order valence-corrected chi connectivity index (χ2v) is 6.67. The smallest absolute Gasteiger partial charge is 0.221 e. The summed E-state index contributed by atoms with van der Waals surface area (Å²) in [6.07, 6.45) is 1.91. The fourth-order valence-corrected chi connectivity index (χ4v) is 3.55. The Morgan fingerprint density at radius 3 is 2.84 bits per heavy atom. The topological polar surface area (TPSA) is 78.4 Å². The molecule has 0 radical (unpaired) electrons. The molecule has 25 heavy (non-hydrogen) atoms. The van der Waals surface area contributed by atoms with Crippen LogP contribution in [0.25, 0.3) is 20.7 Å². The normalized spacial score (nSPS) is 10.8. The molecule has 130 valence electrons. The van der Waals surface area contributed by atoms with E-state index in [4.69, 9.17) is 5.11 Å². The molecule has 6 nitrogen and oxygen atoms in total. The van der Waals surface area contributed by atoms with Gasteiger partial charge >= 0.3 is 0 Å². The SMILES string of the molecule is CN(CCC(=O)NCCO)c1ncnc2sc(-c3ccccc3)cc12. The molecule has 0 aliphatic carbocycles. The van der Waals surface area contributed by atoms with Gasteiger partial charge in [0.2, 0.25) is 5.91 Å². The molecule has 3 aromatic rings. The minimum absolute atomic E-state index is 0.0503. The maximum absolute atomic E-state index is 11.7. The highest BCUT2D eigenvalue weighted by Gasteiger charge is 2.14. The molecular weight excluding hydrogens is 336 g/mol. The quantitative estimate of drug-likeness (QED) is 0.679. The van der Waals surface area contributed by atoms with Crippen molar-refractivity contribution in [1.29, 1.82) is 0 Å². The number of nitrogens with zero attached hydrogens (tertiary/aromatic N) is 3. The Morgan fingerprint density at radius 1 is 1.28 bits per heavy atom. The number of rotatable bonds is 7. The van der Waals surface area contributed by atoms with Crippen molar-refractivity contribution in [2.75, 3.05) is 31.6 Å². The fraction of sp³-hybridized carbons (Fsp3) is 0.278. The standard InChI is InChI=1S/C18H20N4O2S/c1-22(9-7-16(24)19-8-10-23)17-14-11-15(13-5-3-2-4-6-13)25-18(14)21-12-20-17/h2-6,11-12,23H,7-10H2,1H3,(H,19,24). The number of fused-ring (bicyclic) bond motifs is 1. The molecular formula is C18H20N4O2S. The van der Waals surface area contributed by atoms with Crippen molar-refractivity contribution in [3.05, 3.63) is 42.7 Å². The van der Waals surface area contributed by atoms with Crippen LogP contribution < -0.4 is 10.2 Å². The zero-order chi connectivity index (χ0) is 17.6. The number of aliphatic hydroxyl groups is 1. The number of nitrogens with one attached hydrogen (secondary N) is 1. The van der Waals surface area contributed by atoms with E-state index in [-0.39, 0.29) is 19.1 Å². The maximum Gasteiger partial charge on any atom is 0.221 e. The number of benzene rings is 1. The number of aromatic nitrogens is 2. The van der Waals surface area contributed by atoms with E-state index >= 15 is 0 Å². The lowest BCUT2D eigenvalue weighted by Gasteiger charge is -2.18. The zero-order valence-electron chi connectivity index (χ0n) is 14.0. The van der Waals surface area contributed by atoms with Gasteiger partial charge < -0.3 is 15.3 Å². The maximum atomic E-state index is 11.7. The number of hydrogen-bond acceptors (Lipinski definition) is 6. The Labute approximate surface area is 150 Å². The molecule has 1 amide bonds. The minimum atomic E-state index is -0.0820. The van der Waals surface area contributed by atoms with E-state index < -0.39 is 0 Å². The first-order valence-electron chi connectivity index (χ1n) is 8.07. The van der Waals surface area contributed by atoms with Crippen LogP contribution in [0.1, 0.15) is 6.42 Å². The van der Waals surface area contributed by atoms with Crippen molar-refractivity contribution >= 4 is 33.3 Å². The summed E-state index contributed by atoms with van der Waals surface area (Å²) < 4.78 is 0. The van der Waals surface area contributed by atoms with Gasteiger partial charge in [-0.25, -0.2) is 9.97 Å². The molecule has 0 saturated heterocycles. The summed E-state index contributed by atoms with van der Waals surface area (Å²) in [4.78, 5) is 24.5. The van der Waals surface area contributed by atoms with Crippen LogP contribution in [0, 0.1) is 0 Å². The molecule has 0 bridgehead atoms. The number of thiophene rings is 1. The molecule has 0 fully saturated rings. The summed E-state index contributed by atoms with van der Waals surface area (Å²) in [5.74, 6) is 0.736. The van der Waals surface area contributed by atoms with Crippen LogP contribution in [0.5, 0.6) is 0 Å². The molecule has 3 rings (SSSR count). The molecule has 7 heteroatoms. The summed E-state index contributed by atoms with van der Waals surface area (Å²) in [6, 6.07) is 12.3. The summed E-state index contributed by atoms with van der Waals surface area (Å²) in [6.45, 7) is 0.774. The van der Waals surface area contributed by atoms with Crippen LogP contribution in [0.3, 0.4) is 0 Å². The molecule has 0 spiro atoms. The molecule has 0 aliphatic heterocycles. The number of aliphatic hydroxyl groups excluding tert-OH is 1. The number of carbonyl (C=O) groups excluding carboxylic acids is 1. The van der Waals surface area contributed by atoms with Gasteiger partial charge in [-0.3, -0.25) is 4.79 Å². The summed E-state index contributed by atoms with van der Waals surface area (Å²) >= 11 is 1.63. The van der Waals surface area contributed by atoms with E-state index in [0.29, 0.717) is 13.0 Å². The van der Waals surface area contributed by atoms with Gasteiger partial charge in [0.1, 0.15) is 17.0 Å². The molecule has 0 aliphatic rings. The number of hydrogen-bond donors (Lipinski definition) is 2. The van der Waals surface area contributed by atoms with E-state index in [9.17, 15) is 4.79 Å². The highest BCUT2D eigenvalue weighted by Crippen LogP contribution is 2.35. The van der Waals surface area contributed by atoms with Crippen LogP contribution in [0.2, 0.25) is 0 Å². The third-order valence-corrected chi connectivity index (χ3v) is 4.93. The van der Waals surface area contributed by atoms with Gasteiger partial charge in [-0.15, -0.1) is 11.3 Å². The number of anilines is 1. The van der Waals surface area contributed by atoms with Gasteiger partial charge in [-0.1, -0.05) is 30.3 Å². The van der Waals surface area contributed by atoms with E-state index in [1.165, 1.54) is 0 Å². The first-order valence-corrected chi connectivity index (χ1v) is 8.89. The Bertz CT molecular complexity index is 851. The van der Waals surface area contributed by atoms with Gasteiger partial charge in [0.05, 0.1) is 12.0 Å². The molecule has 2 aromatic heterocycles. The summed E-state index contributed by atoms with van der Waals surface area (Å²) in [5, 5.41) is 12.4. The van der Waals surface area contributed by atoms with E-state index in [0.717, 1.165) is 26.5 Å². The first-order chi connectivity index (χ1) is 12.2. The summed E-state index contributed by atoms with van der Waals surface area (Å²) in [5.41, 5.74) is 1.16. The minimum Gasteiger partial charge on any atom is -0.395 e. The van der Waals surface area contributed by atoms with Gasteiger partial charge in [-0.05, 0) is 11.6 Å². The third kappa shape index (κ3) is 4.12. The van der Waals surface area contributed by atoms with Gasteiger partial charge in [0, 0.05) is 31.4 Å². The van der Waals surface area contributed by atoms with Crippen molar-refractivity contribution < 1.29 is 9.90 Å². The lowest BCUT2D eigenvalue weighted by molar-refractivity contribution is -0.121. The van der Waals surface area contributed by atoms with Gasteiger partial charge in [-0.2, -0.15) is 0 Å². The highest BCUT2D eigenvalue weighted by atomic mass is 32.1. The fourth-order valence-electron chi connectivity index (χ4n) is 2.55. The molecule has 0 unspecified atom stereocenters. The number of carbonyl (C=O) groups is 1. The second-order valence-electron chi connectivity index (χ2n) is 5.64. The van der Waals surface area contributed by atoms with Crippen LogP contribution >= 0.6 is 11.3 Å².